The van der Waals surface area contributed by atoms with Gasteiger partial charge in [-0.15, -0.1) is 0 Å². The summed E-state index contributed by atoms with van der Waals surface area (Å²) in [6.45, 7) is 0. The summed E-state index contributed by atoms with van der Waals surface area (Å²) in [6.07, 6.45) is 5.74. The Morgan fingerprint density at radius 1 is 1.28 bits per heavy atom. The number of ether oxygens (including phenoxy) is 2. The van der Waals surface area contributed by atoms with E-state index in [0.29, 0.717) is 6.10 Å². The summed E-state index contributed by atoms with van der Waals surface area (Å²) < 4.78 is 11.7. The van der Waals surface area contributed by atoms with E-state index in [1.54, 1.807) is 7.11 Å². The van der Waals surface area contributed by atoms with Crippen molar-refractivity contribution in [1.82, 2.24) is 0 Å². The molecular weight excluding hydrogens is 292 g/mol. The van der Waals surface area contributed by atoms with Gasteiger partial charge in [-0.1, -0.05) is 28.1 Å². The lowest BCUT2D eigenvalue weighted by Gasteiger charge is -2.25. The highest BCUT2D eigenvalue weighted by Gasteiger charge is 2.41. The number of rotatable bonds is 4. The average molecular weight is 311 g/mol. The van der Waals surface area contributed by atoms with Crippen LogP contribution in [0.25, 0.3) is 0 Å². The molecule has 0 spiro atoms. The third kappa shape index (κ3) is 2.13. The smallest absolute Gasteiger partial charge is 0.165 e. The van der Waals surface area contributed by atoms with E-state index in [0.717, 1.165) is 28.7 Å². The molecule has 0 amide bonds. The summed E-state index contributed by atoms with van der Waals surface area (Å²) >= 11 is 3.53. The van der Waals surface area contributed by atoms with E-state index in [-0.39, 0.29) is 0 Å². The van der Waals surface area contributed by atoms with Gasteiger partial charge in [-0.2, -0.15) is 0 Å². The number of methoxy groups -OCH3 is 1. The van der Waals surface area contributed by atoms with Gasteiger partial charge in [0.25, 0.3) is 0 Å². The van der Waals surface area contributed by atoms with E-state index in [1.165, 1.54) is 31.2 Å². The van der Waals surface area contributed by atoms with E-state index >= 15 is 0 Å². The summed E-state index contributed by atoms with van der Waals surface area (Å²) in [4.78, 5) is 0. The Morgan fingerprint density at radius 3 is 2.78 bits per heavy atom. The van der Waals surface area contributed by atoms with Crippen molar-refractivity contribution in [3.8, 4) is 11.5 Å². The lowest BCUT2D eigenvalue weighted by molar-refractivity contribution is 0.132. The molecule has 2 aliphatic rings. The molecule has 3 atom stereocenters. The SMILES string of the molecule is COc1cccc(CBr)c1OC1CC2CCC1C2. The molecule has 2 nitrogen and oxygen atoms in total. The summed E-state index contributed by atoms with van der Waals surface area (Å²) in [5, 5.41) is 0.806. The third-order valence-corrected chi connectivity index (χ3v) is 4.97. The zero-order valence-electron chi connectivity index (χ0n) is 10.7. The number of halogens is 1. The van der Waals surface area contributed by atoms with E-state index < -0.39 is 0 Å². The average Bonchev–Trinajstić information content (AvgIpc) is 3.01. The molecule has 1 aromatic rings. The topological polar surface area (TPSA) is 18.5 Å². The van der Waals surface area contributed by atoms with Crippen molar-refractivity contribution in [2.24, 2.45) is 11.8 Å². The minimum atomic E-state index is 0.401. The van der Waals surface area contributed by atoms with Crippen molar-refractivity contribution in [1.29, 1.82) is 0 Å². The number of hydrogen-bond donors (Lipinski definition) is 0. The van der Waals surface area contributed by atoms with Crippen LogP contribution in [-0.2, 0) is 5.33 Å². The molecule has 18 heavy (non-hydrogen) atoms. The second-order valence-corrected chi connectivity index (χ2v) is 5.97. The van der Waals surface area contributed by atoms with E-state index in [2.05, 4.69) is 22.0 Å². The Labute approximate surface area is 117 Å². The Morgan fingerprint density at radius 2 is 2.17 bits per heavy atom. The van der Waals surface area contributed by atoms with Crippen molar-refractivity contribution in [2.45, 2.75) is 37.1 Å². The molecule has 3 unspecified atom stereocenters. The Hall–Kier alpha value is -0.700. The first kappa shape index (κ1) is 12.3. The van der Waals surface area contributed by atoms with Gasteiger partial charge >= 0.3 is 0 Å². The molecule has 3 heteroatoms. The monoisotopic (exact) mass is 310 g/mol. The zero-order valence-corrected chi connectivity index (χ0v) is 12.3. The molecule has 0 radical (unpaired) electrons. The van der Waals surface area contributed by atoms with Gasteiger partial charge in [0.05, 0.1) is 7.11 Å². The molecule has 0 heterocycles. The van der Waals surface area contributed by atoms with Gasteiger partial charge in [0.2, 0.25) is 0 Å². The molecule has 98 valence electrons. The Balaban J connectivity index is 1.83. The van der Waals surface area contributed by atoms with Crippen LogP contribution in [0.3, 0.4) is 0 Å². The first-order valence-electron chi connectivity index (χ1n) is 6.70. The molecule has 0 aliphatic heterocycles. The minimum Gasteiger partial charge on any atom is -0.493 e. The van der Waals surface area contributed by atoms with Gasteiger partial charge < -0.3 is 9.47 Å². The second-order valence-electron chi connectivity index (χ2n) is 5.41. The predicted octanol–water partition coefficient (Wildman–Crippen LogP) is 4.16. The van der Waals surface area contributed by atoms with Gasteiger partial charge in [0, 0.05) is 10.9 Å². The van der Waals surface area contributed by atoms with Crippen LogP contribution in [0, 0.1) is 11.8 Å². The van der Waals surface area contributed by atoms with Crippen molar-refractivity contribution in [3.05, 3.63) is 23.8 Å². The van der Waals surface area contributed by atoms with Gasteiger partial charge in [-0.25, -0.2) is 0 Å². The number of fused-ring (bicyclic) bond motifs is 2. The van der Waals surface area contributed by atoms with Crippen LogP contribution in [0.15, 0.2) is 18.2 Å². The standard InChI is InChI=1S/C15H19BrO2/c1-17-13-4-2-3-12(9-16)15(13)18-14-8-10-5-6-11(14)7-10/h2-4,10-11,14H,5-9H2,1H3. The van der Waals surface area contributed by atoms with Crippen LogP contribution in [0.4, 0.5) is 0 Å². The molecule has 0 aromatic heterocycles. The highest BCUT2D eigenvalue weighted by atomic mass is 79.9. The maximum absolute atomic E-state index is 6.30. The van der Waals surface area contributed by atoms with Crippen molar-refractivity contribution >= 4 is 15.9 Å². The van der Waals surface area contributed by atoms with Gasteiger partial charge in [-0.3, -0.25) is 0 Å². The first-order valence-corrected chi connectivity index (χ1v) is 7.82. The Bertz CT molecular complexity index is 410. The van der Waals surface area contributed by atoms with Gasteiger partial charge in [0.15, 0.2) is 11.5 Å². The number of para-hydroxylation sites is 1. The first-order chi connectivity index (χ1) is 8.81. The molecule has 2 fully saturated rings. The van der Waals surface area contributed by atoms with Crippen LogP contribution < -0.4 is 9.47 Å². The number of benzene rings is 1. The quantitative estimate of drug-likeness (QED) is 0.778. The predicted molar refractivity (Wildman–Crippen MR) is 75.5 cm³/mol. The van der Waals surface area contributed by atoms with E-state index in [1.807, 2.05) is 12.1 Å². The lowest BCUT2D eigenvalue weighted by Crippen LogP contribution is -2.24. The number of alkyl halides is 1. The maximum atomic E-state index is 6.30. The molecule has 0 N–H and O–H groups in total. The zero-order chi connectivity index (χ0) is 12.5. The molecule has 2 aliphatic carbocycles. The highest BCUT2D eigenvalue weighted by molar-refractivity contribution is 9.08. The fourth-order valence-corrected chi connectivity index (χ4v) is 3.88. The minimum absolute atomic E-state index is 0.401. The van der Waals surface area contributed by atoms with Crippen molar-refractivity contribution in [3.63, 3.8) is 0 Å². The molecule has 2 bridgehead atoms. The summed E-state index contributed by atoms with van der Waals surface area (Å²) in [5.74, 6) is 3.47. The summed E-state index contributed by atoms with van der Waals surface area (Å²) in [7, 11) is 1.71. The van der Waals surface area contributed by atoms with E-state index in [4.69, 9.17) is 9.47 Å². The van der Waals surface area contributed by atoms with Gasteiger partial charge in [0.1, 0.15) is 6.10 Å². The molecule has 3 rings (SSSR count). The van der Waals surface area contributed by atoms with Crippen LogP contribution in [0.5, 0.6) is 11.5 Å². The third-order valence-electron chi connectivity index (χ3n) is 4.37. The highest BCUT2D eigenvalue weighted by Crippen LogP contribution is 2.47. The second kappa shape index (κ2) is 5.12. The van der Waals surface area contributed by atoms with Crippen LogP contribution >= 0.6 is 15.9 Å². The van der Waals surface area contributed by atoms with Gasteiger partial charge in [-0.05, 0) is 43.6 Å². The number of hydrogen-bond acceptors (Lipinski definition) is 2. The van der Waals surface area contributed by atoms with Crippen LogP contribution in [0.1, 0.15) is 31.2 Å². The molecule has 0 saturated heterocycles. The summed E-state index contributed by atoms with van der Waals surface area (Å²) in [5.41, 5.74) is 1.18. The van der Waals surface area contributed by atoms with Crippen molar-refractivity contribution < 1.29 is 9.47 Å². The van der Waals surface area contributed by atoms with Crippen LogP contribution in [0.2, 0.25) is 0 Å². The normalized spacial score (nSPS) is 29.6. The lowest BCUT2D eigenvalue weighted by atomic mass is 9.97. The fraction of sp³-hybridized carbons (Fsp3) is 0.600. The molecule has 1 aromatic carbocycles. The van der Waals surface area contributed by atoms with Crippen LogP contribution in [-0.4, -0.2) is 13.2 Å². The largest absolute Gasteiger partial charge is 0.493 e. The fourth-order valence-electron chi connectivity index (χ4n) is 3.44. The van der Waals surface area contributed by atoms with E-state index in [9.17, 15) is 0 Å². The Kier molecular flexibility index (Phi) is 3.51. The molecular formula is C15H19BrO2. The van der Waals surface area contributed by atoms with Crippen molar-refractivity contribution in [2.75, 3.05) is 7.11 Å². The molecule has 2 saturated carbocycles. The maximum Gasteiger partial charge on any atom is 0.165 e. The summed E-state index contributed by atoms with van der Waals surface area (Å²) in [6, 6.07) is 6.09.